The van der Waals surface area contributed by atoms with E-state index in [0.717, 1.165) is 6.07 Å². The number of rotatable bonds is 3. The van der Waals surface area contributed by atoms with E-state index in [1.165, 1.54) is 41.3 Å². The van der Waals surface area contributed by atoms with Gasteiger partial charge in [0.1, 0.15) is 0 Å². The molecular formula is C16H15ClF3NO. The molecule has 2 rings (SSSR count). The van der Waals surface area contributed by atoms with E-state index in [2.05, 4.69) is 0 Å². The van der Waals surface area contributed by atoms with Gasteiger partial charge in [0.05, 0.1) is 0 Å². The van der Waals surface area contributed by atoms with Crippen LogP contribution < -0.4 is 4.90 Å². The SMILES string of the molecule is CN(C)c1ccccc1C(O)(c1cccc(Cl)c1)C(F)(F)F. The first-order valence-electron chi connectivity index (χ1n) is 6.50. The molecule has 2 nitrogen and oxygen atoms in total. The van der Waals surface area contributed by atoms with Crippen molar-refractivity contribution in [3.8, 4) is 0 Å². The Kier molecular flexibility index (Phi) is 4.40. The molecule has 0 aromatic heterocycles. The molecule has 0 spiro atoms. The molecule has 22 heavy (non-hydrogen) atoms. The van der Waals surface area contributed by atoms with Crippen molar-refractivity contribution in [2.24, 2.45) is 0 Å². The number of anilines is 1. The Balaban J connectivity index is 2.77. The van der Waals surface area contributed by atoms with Crippen LogP contribution in [0.3, 0.4) is 0 Å². The lowest BCUT2D eigenvalue weighted by atomic mass is 9.84. The van der Waals surface area contributed by atoms with Crippen LogP contribution in [-0.2, 0) is 5.60 Å². The van der Waals surface area contributed by atoms with E-state index < -0.39 is 11.8 Å². The molecule has 0 fully saturated rings. The molecule has 0 radical (unpaired) electrons. The van der Waals surface area contributed by atoms with E-state index in [9.17, 15) is 18.3 Å². The molecule has 0 heterocycles. The van der Waals surface area contributed by atoms with Crippen LogP contribution in [0.1, 0.15) is 11.1 Å². The quantitative estimate of drug-likeness (QED) is 0.912. The van der Waals surface area contributed by atoms with Gasteiger partial charge in [-0.15, -0.1) is 0 Å². The van der Waals surface area contributed by atoms with Gasteiger partial charge >= 0.3 is 6.18 Å². The number of hydrogen-bond donors (Lipinski definition) is 1. The Bertz CT molecular complexity index is 672. The van der Waals surface area contributed by atoms with Crippen molar-refractivity contribution >= 4 is 17.3 Å². The van der Waals surface area contributed by atoms with E-state index in [1.807, 2.05) is 0 Å². The van der Waals surface area contributed by atoms with Gasteiger partial charge < -0.3 is 10.0 Å². The van der Waals surface area contributed by atoms with Crippen molar-refractivity contribution in [2.45, 2.75) is 11.8 Å². The summed E-state index contributed by atoms with van der Waals surface area (Å²) < 4.78 is 41.2. The second-order valence-corrected chi connectivity index (χ2v) is 5.57. The van der Waals surface area contributed by atoms with Gasteiger partial charge in [0.15, 0.2) is 0 Å². The fraction of sp³-hybridized carbons (Fsp3) is 0.250. The zero-order chi connectivity index (χ0) is 16.5. The van der Waals surface area contributed by atoms with Gasteiger partial charge in [-0.05, 0) is 23.8 Å². The third-order valence-electron chi connectivity index (χ3n) is 3.43. The van der Waals surface area contributed by atoms with Crippen molar-refractivity contribution in [1.29, 1.82) is 0 Å². The van der Waals surface area contributed by atoms with Crippen molar-refractivity contribution in [2.75, 3.05) is 19.0 Å². The molecule has 2 aromatic carbocycles. The highest BCUT2D eigenvalue weighted by molar-refractivity contribution is 6.30. The summed E-state index contributed by atoms with van der Waals surface area (Å²) in [6.45, 7) is 0. The van der Waals surface area contributed by atoms with Crippen molar-refractivity contribution in [1.82, 2.24) is 0 Å². The molecule has 0 aliphatic heterocycles. The van der Waals surface area contributed by atoms with Crippen LogP contribution >= 0.6 is 11.6 Å². The molecule has 0 bridgehead atoms. The van der Waals surface area contributed by atoms with E-state index >= 15 is 0 Å². The summed E-state index contributed by atoms with van der Waals surface area (Å²) in [5.41, 5.74) is -3.42. The number of benzene rings is 2. The van der Waals surface area contributed by atoms with Crippen LogP contribution in [-0.4, -0.2) is 25.4 Å². The molecule has 1 N–H and O–H groups in total. The van der Waals surface area contributed by atoms with Crippen LogP contribution in [0.25, 0.3) is 0 Å². The minimum atomic E-state index is -4.90. The summed E-state index contributed by atoms with van der Waals surface area (Å²) in [5, 5.41) is 10.8. The van der Waals surface area contributed by atoms with Gasteiger partial charge in [-0.1, -0.05) is 41.9 Å². The van der Waals surface area contributed by atoms with E-state index in [0.29, 0.717) is 0 Å². The standard InChI is InChI=1S/C16H15ClF3NO/c1-21(2)14-9-4-3-8-13(14)15(22,16(18,19)20)11-6-5-7-12(17)10-11/h3-10,22H,1-2H3. The monoisotopic (exact) mass is 329 g/mol. The Hall–Kier alpha value is -1.72. The first-order valence-corrected chi connectivity index (χ1v) is 6.87. The smallest absolute Gasteiger partial charge is 0.377 e. The maximum atomic E-state index is 13.7. The van der Waals surface area contributed by atoms with Crippen LogP contribution in [0.5, 0.6) is 0 Å². The summed E-state index contributed by atoms with van der Waals surface area (Å²) >= 11 is 5.80. The van der Waals surface area contributed by atoms with Crippen LogP contribution in [0.2, 0.25) is 5.02 Å². The number of hydrogen-bond acceptors (Lipinski definition) is 2. The normalized spacial score (nSPS) is 14.5. The number of alkyl halides is 3. The van der Waals surface area contributed by atoms with Crippen LogP contribution in [0.4, 0.5) is 18.9 Å². The second kappa shape index (κ2) is 5.82. The molecule has 0 aliphatic rings. The Morgan fingerprint density at radius 3 is 2.18 bits per heavy atom. The fourth-order valence-corrected chi connectivity index (χ4v) is 2.55. The Morgan fingerprint density at radius 2 is 1.64 bits per heavy atom. The molecule has 0 aliphatic carbocycles. The average molecular weight is 330 g/mol. The summed E-state index contributed by atoms with van der Waals surface area (Å²) in [6, 6.07) is 11.1. The van der Waals surface area contributed by atoms with Crippen LogP contribution in [0.15, 0.2) is 48.5 Å². The number of nitrogens with zero attached hydrogens (tertiary/aromatic N) is 1. The predicted molar refractivity (Wildman–Crippen MR) is 81.3 cm³/mol. The van der Waals surface area contributed by atoms with Gasteiger partial charge in [-0.3, -0.25) is 0 Å². The molecule has 1 atom stereocenters. The summed E-state index contributed by atoms with van der Waals surface area (Å²) in [4.78, 5) is 1.52. The lowest BCUT2D eigenvalue weighted by molar-refractivity contribution is -0.248. The molecule has 0 amide bonds. The molecule has 118 valence electrons. The maximum absolute atomic E-state index is 13.7. The van der Waals surface area contributed by atoms with Crippen molar-refractivity contribution < 1.29 is 18.3 Å². The highest BCUT2D eigenvalue weighted by Crippen LogP contribution is 2.47. The maximum Gasteiger partial charge on any atom is 0.425 e. The van der Waals surface area contributed by atoms with Gasteiger partial charge in [-0.25, -0.2) is 0 Å². The van der Waals surface area contributed by atoms with Gasteiger partial charge in [0.2, 0.25) is 5.60 Å². The van der Waals surface area contributed by atoms with E-state index in [-0.39, 0.29) is 21.8 Å². The molecule has 1 unspecified atom stereocenters. The minimum Gasteiger partial charge on any atom is -0.377 e. The third kappa shape index (κ3) is 2.78. The zero-order valence-corrected chi connectivity index (χ0v) is 12.8. The molecule has 0 saturated heterocycles. The fourth-order valence-electron chi connectivity index (χ4n) is 2.35. The topological polar surface area (TPSA) is 23.5 Å². The van der Waals surface area contributed by atoms with Gasteiger partial charge in [-0.2, -0.15) is 13.2 Å². The highest BCUT2D eigenvalue weighted by Gasteiger charge is 2.57. The van der Waals surface area contributed by atoms with Crippen molar-refractivity contribution in [3.63, 3.8) is 0 Å². The number of halogens is 4. The molecule has 2 aromatic rings. The Labute approximate surface area is 131 Å². The number of para-hydroxylation sites is 1. The van der Waals surface area contributed by atoms with Crippen molar-refractivity contribution in [3.05, 3.63) is 64.7 Å². The zero-order valence-electron chi connectivity index (χ0n) is 12.0. The summed E-state index contributed by atoms with van der Waals surface area (Å²) in [7, 11) is 3.24. The first kappa shape index (κ1) is 16.6. The summed E-state index contributed by atoms with van der Waals surface area (Å²) in [5.74, 6) is 0. The lowest BCUT2D eigenvalue weighted by Crippen LogP contribution is -2.44. The molecule has 0 saturated carbocycles. The minimum absolute atomic E-state index is 0.127. The van der Waals surface area contributed by atoms with E-state index in [4.69, 9.17) is 11.6 Å². The largest absolute Gasteiger partial charge is 0.425 e. The summed E-state index contributed by atoms with van der Waals surface area (Å²) in [6.07, 6.45) is -4.90. The predicted octanol–water partition coefficient (Wildman–Crippen LogP) is 4.20. The van der Waals surface area contributed by atoms with Gasteiger partial charge in [0.25, 0.3) is 0 Å². The Morgan fingerprint density at radius 1 is 1.00 bits per heavy atom. The lowest BCUT2D eigenvalue weighted by Gasteiger charge is -2.34. The highest BCUT2D eigenvalue weighted by atomic mass is 35.5. The third-order valence-corrected chi connectivity index (χ3v) is 3.66. The van der Waals surface area contributed by atoms with E-state index in [1.54, 1.807) is 20.2 Å². The molecule has 6 heteroatoms. The van der Waals surface area contributed by atoms with Crippen LogP contribution in [0, 0.1) is 0 Å². The average Bonchev–Trinajstić information content (AvgIpc) is 2.45. The first-order chi connectivity index (χ1) is 10.2. The second-order valence-electron chi connectivity index (χ2n) is 5.13. The number of aliphatic hydroxyl groups is 1. The van der Waals surface area contributed by atoms with Gasteiger partial charge in [0, 0.05) is 30.4 Å². The molecular weight excluding hydrogens is 315 g/mol.